The molecule has 7 heteroatoms. The fourth-order valence-electron chi connectivity index (χ4n) is 5.15. The lowest BCUT2D eigenvalue weighted by Crippen LogP contribution is -2.39. The maximum absolute atomic E-state index is 12.7. The SMILES string of the molecule is Cl.O=C(NC1CCC(C(=O)OC2CCCCC2)CC1)c1ccc(OCC2CCNCC2)cc1. The predicted octanol–water partition coefficient (Wildman–Crippen LogP) is 4.65. The summed E-state index contributed by atoms with van der Waals surface area (Å²) in [6.45, 7) is 2.87. The van der Waals surface area contributed by atoms with E-state index < -0.39 is 0 Å². The van der Waals surface area contributed by atoms with Crippen molar-refractivity contribution in [2.24, 2.45) is 11.8 Å². The molecular weight excluding hydrogens is 440 g/mol. The number of hydrogen-bond donors (Lipinski definition) is 2. The van der Waals surface area contributed by atoms with Crippen molar-refractivity contribution < 1.29 is 19.1 Å². The number of nitrogens with one attached hydrogen (secondary N) is 2. The van der Waals surface area contributed by atoms with E-state index >= 15 is 0 Å². The number of piperidine rings is 1. The fraction of sp³-hybridized carbons (Fsp3) is 0.692. The van der Waals surface area contributed by atoms with Crippen molar-refractivity contribution in [1.29, 1.82) is 0 Å². The van der Waals surface area contributed by atoms with Gasteiger partial charge in [-0.15, -0.1) is 12.4 Å². The molecule has 0 bridgehead atoms. The molecule has 0 atom stereocenters. The average Bonchev–Trinajstić information content (AvgIpc) is 2.85. The molecule has 4 rings (SSSR count). The largest absolute Gasteiger partial charge is 0.493 e. The Bertz CT molecular complexity index is 737. The van der Waals surface area contributed by atoms with E-state index in [1.54, 1.807) is 0 Å². The highest BCUT2D eigenvalue weighted by Crippen LogP contribution is 2.28. The number of carbonyl (C=O) groups is 2. The van der Waals surface area contributed by atoms with E-state index in [2.05, 4.69) is 10.6 Å². The molecule has 1 heterocycles. The lowest BCUT2D eigenvalue weighted by molar-refractivity contribution is -0.156. The summed E-state index contributed by atoms with van der Waals surface area (Å²) in [7, 11) is 0. The van der Waals surface area contributed by atoms with Crippen LogP contribution in [0, 0.1) is 11.8 Å². The lowest BCUT2D eigenvalue weighted by Gasteiger charge is -2.30. The van der Waals surface area contributed by atoms with Gasteiger partial charge in [0.2, 0.25) is 0 Å². The second-order valence-corrected chi connectivity index (χ2v) is 9.75. The van der Waals surface area contributed by atoms with E-state index in [-0.39, 0.29) is 42.3 Å². The molecule has 0 spiro atoms. The van der Waals surface area contributed by atoms with E-state index in [0.717, 1.165) is 76.8 Å². The fourth-order valence-corrected chi connectivity index (χ4v) is 5.15. The van der Waals surface area contributed by atoms with E-state index in [9.17, 15) is 9.59 Å². The van der Waals surface area contributed by atoms with Crippen molar-refractivity contribution in [1.82, 2.24) is 10.6 Å². The van der Waals surface area contributed by atoms with Crippen LogP contribution in [-0.2, 0) is 9.53 Å². The van der Waals surface area contributed by atoms with Crippen molar-refractivity contribution in [3.63, 3.8) is 0 Å². The van der Waals surface area contributed by atoms with Crippen LogP contribution < -0.4 is 15.4 Å². The molecule has 1 amide bonds. The van der Waals surface area contributed by atoms with Crippen LogP contribution in [0.5, 0.6) is 5.75 Å². The summed E-state index contributed by atoms with van der Waals surface area (Å²) in [6, 6.07) is 7.56. The van der Waals surface area contributed by atoms with Crippen molar-refractivity contribution >= 4 is 24.3 Å². The van der Waals surface area contributed by atoms with E-state index in [1.165, 1.54) is 19.3 Å². The minimum atomic E-state index is -0.0527. The smallest absolute Gasteiger partial charge is 0.309 e. The minimum absolute atomic E-state index is 0. The van der Waals surface area contributed by atoms with Gasteiger partial charge in [-0.05, 0) is 107 Å². The first kappa shape index (κ1) is 25.8. The highest BCUT2D eigenvalue weighted by atomic mass is 35.5. The van der Waals surface area contributed by atoms with Gasteiger partial charge >= 0.3 is 5.97 Å². The Labute approximate surface area is 204 Å². The molecule has 2 N–H and O–H groups in total. The second-order valence-electron chi connectivity index (χ2n) is 9.75. The molecule has 0 aromatic heterocycles. The minimum Gasteiger partial charge on any atom is -0.493 e. The molecule has 2 saturated carbocycles. The summed E-state index contributed by atoms with van der Waals surface area (Å²) >= 11 is 0. The van der Waals surface area contributed by atoms with Gasteiger partial charge in [-0.2, -0.15) is 0 Å². The summed E-state index contributed by atoms with van der Waals surface area (Å²) in [5, 5.41) is 6.51. The first-order valence-electron chi connectivity index (χ1n) is 12.6. The van der Waals surface area contributed by atoms with Crippen molar-refractivity contribution in [2.75, 3.05) is 19.7 Å². The molecule has 1 aromatic carbocycles. The molecule has 0 radical (unpaired) electrons. The Morgan fingerprint density at radius 2 is 1.55 bits per heavy atom. The number of carbonyl (C=O) groups excluding carboxylic acids is 2. The third-order valence-corrected chi connectivity index (χ3v) is 7.29. The molecule has 184 valence electrons. The van der Waals surface area contributed by atoms with E-state index in [1.807, 2.05) is 24.3 Å². The number of halogens is 1. The summed E-state index contributed by atoms with van der Waals surface area (Å²) in [5.41, 5.74) is 0.651. The summed E-state index contributed by atoms with van der Waals surface area (Å²) in [6.07, 6.45) is 11.3. The second kappa shape index (κ2) is 13.2. The molecule has 1 aromatic rings. The molecule has 1 saturated heterocycles. The molecule has 1 aliphatic heterocycles. The van der Waals surface area contributed by atoms with Crippen LogP contribution >= 0.6 is 12.4 Å². The molecular formula is C26H39ClN2O4. The Morgan fingerprint density at radius 3 is 2.21 bits per heavy atom. The van der Waals surface area contributed by atoms with Crippen LogP contribution in [0.25, 0.3) is 0 Å². The van der Waals surface area contributed by atoms with Crippen molar-refractivity contribution in [3.05, 3.63) is 29.8 Å². The highest BCUT2D eigenvalue weighted by Gasteiger charge is 2.30. The van der Waals surface area contributed by atoms with Gasteiger partial charge < -0.3 is 20.1 Å². The molecule has 3 fully saturated rings. The topological polar surface area (TPSA) is 76.7 Å². The van der Waals surface area contributed by atoms with Gasteiger partial charge in [0.1, 0.15) is 11.9 Å². The van der Waals surface area contributed by atoms with Gasteiger partial charge in [0.15, 0.2) is 0 Å². The van der Waals surface area contributed by atoms with Crippen LogP contribution in [0.15, 0.2) is 24.3 Å². The normalized spacial score (nSPS) is 24.4. The molecule has 2 aliphatic carbocycles. The van der Waals surface area contributed by atoms with Crippen LogP contribution in [-0.4, -0.2) is 43.7 Å². The lowest BCUT2D eigenvalue weighted by atomic mass is 9.86. The number of hydrogen-bond acceptors (Lipinski definition) is 5. The number of amides is 1. The Hall–Kier alpha value is -1.79. The number of benzene rings is 1. The first-order chi connectivity index (χ1) is 15.7. The van der Waals surface area contributed by atoms with Gasteiger partial charge in [-0.3, -0.25) is 9.59 Å². The summed E-state index contributed by atoms with van der Waals surface area (Å²) in [5.74, 6) is 1.33. The highest BCUT2D eigenvalue weighted by molar-refractivity contribution is 5.94. The summed E-state index contributed by atoms with van der Waals surface area (Å²) in [4.78, 5) is 25.1. The average molecular weight is 479 g/mol. The molecule has 0 unspecified atom stereocenters. The Kier molecular flexibility index (Phi) is 10.3. The zero-order chi connectivity index (χ0) is 22.2. The third-order valence-electron chi connectivity index (χ3n) is 7.29. The molecule has 33 heavy (non-hydrogen) atoms. The maximum Gasteiger partial charge on any atom is 0.309 e. The zero-order valence-corrected chi connectivity index (χ0v) is 20.4. The third kappa shape index (κ3) is 7.89. The standard InChI is InChI=1S/C26H38N2O4.ClH/c29-25(20-8-12-23(13-9-20)31-18-19-14-16-27-17-15-19)28-22-10-6-21(7-11-22)26(30)32-24-4-2-1-3-5-24;/h8-9,12-13,19,21-22,24,27H,1-7,10-11,14-18H2,(H,28,29);1H. The monoisotopic (exact) mass is 478 g/mol. The molecule has 6 nitrogen and oxygen atoms in total. The Morgan fingerprint density at radius 1 is 0.879 bits per heavy atom. The van der Waals surface area contributed by atoms with E-state index in [4.69, 9.17) is 9.47 Å². The Balaban J connectivity index is 0.00000306. The number of ether oxygens (including phenoxy) is 2. The number of esters is 1. The predicted molar refractivity (Wildman–Crippen MR) is 131 cm³/mol. The van der Waals surface area contributed by atoms with Gasteiger partial charge in [0.25, 0.3) is 5.91 Å². The van der Waals surface area contributed by atoms with Gasteiger partial charge in [-0.1, -0.05) is 6.42 Å². The van der Waals surface area contributed by atoms with Gasteiger partial charge in [0.05, 0.1) is 12.5 Å². The van der Waals surface area contributed by atoms with E-state index in [0.29, 0.717) is 11.5 Å². The number of rotatable bonds is 7. The van der Waals surface area contributed by atoms with Crippen molar-refractivity contribution in [2.45, 2.75) is 82.8 Å². The maximum atomic E-state index is 12.7. The quantitative estimate of drug-likeness (QED) is 0.558. The van der Waals surface area contributed by atoms with Crippen LogP contribution in [0.1, 0.15) is 81.0 Å². The van der Waals surface area contributed by atoms with Crippen LogP contribution in [0.4, 0.5) is 0 Å². The van der Waals surface area contributed by atoms with Crippen LogP contribution in [0.2, 0.25) is 0 Å². The van der Waals surface area contributed by atoms with Gasteiger partial charge in [0, 0.05) is 11.6 Å². The summed E-state index contributed by atoms with van der Waals surface area (Å²) < 4.78 is 11.7. The van der Waals surface area contributed by atoms with Crippen LogP contribution in [0.3, 0.4) is 0 Å². The zero-order valence-electron chi connectivity index (χ0n) is 19.6. The van der Waals surface area contributed by atoms with Gasteiger partial charge in [-0.25, -0.2) is 0 Å². The first-order valence-corrected chi connectivity index (χ1v) is 12.6. The van der Waals surface area contributed by atoms with Crippen molar-refractivity contribution in [3.8, 4) is 5.75 Å². The molecule has 3 aliphatic rings.